The summed E-state index contributed by atoms with van der Waals surface area (Å²) in [6, 6.07) is 92.8. The number of benzene rings is 11. The van der Waals surface area contributed by atoms with Crippen molar-refractivity contribution in [1.29, 1.82) is 0 Å². The first-order valence-corrected chi connectivity index (χ1v) is 22.0. The molecule has 0 aliphatic heterocycles. The van der Waals surface area contributed by atoms with E-state index in [9.17, 15) is 0 Å². The maximum Gasteiger partial charge on any atom is 0.0541 e. The van der Waals surface area contributed by atoms with E-state index >= 15 is 0 Å². The van der Waals surface area contributed by atoms with Gasteiger partial charge in [-0.05, 0) is 139 Å². The van der Waals surface area contributed by atoms with Gasteiger partial charge in [-0.1, -0.05) is 182 Å². The molecule has 0 aliphatic carbocycles. The van der Waals surface area contributed by atoms with E-state index in [0.29, 0.717) is 0 Å². The number of para-hydroxylation sites is 2. The molecule has 11 aromatic carbocycles. The quantitative estimate of drug-likeness (QED) is 0.148. The zero-order valence-electron chi connectivity index (χ0n) is 35.1. The minimum absolute atomic E-state index is 1.08. The number of anilines is 3. The maximum absolute atomic E-state index is 2.40. The normalized spacial score (nSPS) is 11.4. The summed E-state index contributed by atoms with van der Waals surface area (Å²) in [4.78, 5) is 2.40. The predicted octanol–water partition coefficient (Wildman–Crippen LogP) is 17.2. The zero-order chi connectivity index (χ0) is 42.4. The van der Waals surface area contributed by atoms with E-state index in [-0.39, 0.29) is 0 Å². The lowest BCUT2D eigenvalue weighted by Crippen LogP contribution is -2.10. The maximum atomic E-state index is 2.40. The standard InChI is InChI=1S/C62H42N2/c1-2-13-43(14-3-1)51-40-52(58-22-12-18-48-16-6-7-19-57(48)58)42-56(41-51)63(54-35-31-47(32-36-54)50-26-25-44-15-4-5-17-49(44)39-50)53-33-27-45(28-34-53)46-29-37-55(38-30-46)64-61-23-10-8-20-59(61)60-21-9-11-24-62(60)64/h1-42H. The van der Waals surface area contributed by atoms with Crippen LogP contribution in [0.2, 0.25) is 0 Å². The van der Waals surface area contributed by atoms with Gasteiger partial charge in [0.2, 0.25) is 0 Å². The molecule has 1 heterocycles. The van der Waals surface area contributed by atoms with Gasteiger partial charge in [-0.3, -0.25) is 0 Å². The van der Waals surface area contributed by atoms with Crippen molar-refractivity contribution >= 4 is 60.4 Å². The Morgan fingerprint density at radius 3 is 1.41 bits per heavy atom. The molecule has 2 heteroatoms. The van der Waals surface area contributed by atoms with E-state index in [4.69, 9.17) is 0 Å². The zero-order valence-corrected chi connectivity index (χ0v) is 35.1. The highest BCUT2D eigenvalue weighted by molar-refractivity contribution is 6.09. The second-order valence-electron chi connectivity index (χ2n) is 16.6. The molecule has 64 heavy (non-hydrogen) atoms. The van der Waals surface area contributed by atoms with Crippen molar-refractivity contribution in [1.82, 2.24) is 4.57 Å². The summed E-state index contributed by atoms with van der Waals surface area (Å²) in [7, 11) is 0. The van der Waals surface area contributed by atoms with Gasteiger partial charge in [0.25, 0.3) is 0 Å². The second-order valence-corrected chi connectivity index (χ2v) is 16.6. The molecule has 12 rings (SSSR count). The molecule has 0 N–H and O–H groups in total. The average molecular weight is 815 g/mol. The third kappa shape index (κ3) is 6.70. The number of aromatic nitrogens is 1. The van der Waals surface area contributed by atoms with Crippen molar-refractivity contribution < 1.29 is 0 Å². The highest BCUT2D eigenvalue weighted by atomic mass is 15.1. The molecule has 300 valence electrons. The third-order valence-electron chi connectivity index (χ3n) is 12.8. The molecular formula is C62H42N2. The van der Waals surface area contributed by atoms with Crippen molar-refractivity contribution in [3.8, 4) is 50.2 Å². The van der Waals surface area contributed by atoms with Crippen LogP contribution in [-0.2, 0) is 0 Å². The molecule has 0 saturated carbocycles. The fourth-order valence-electron chi connectivity index (χ4n) is 9.60. The Hall–Kier alpha value is -8.46. The molecule has 0 atom stereocenters. The summed E-state index contributed by atoms with van der Waals surface area (Å²) >= 11 is 0. The van der Waals surface area contributed by atoms with Crippen LogP contribution in [0.5, 0.6) is 0 Å². The Bertz CT molecular complexity index is 3580. The second kappa shape index (κ2) is 15.8. The number of fused-ring (bicyclic) bond motifs is 5. The van der Waals surface area contributed by atoms with Crippen LogP contribution in [0.25, 0.3) is 93.5 Å². The molecule has 0 spiro atoms. The largest absolute Gasteiger partial charge is 0.310 e. The highest BCUT2D eigenvalue weighted by Gasteiger charge is 2.18. The van der Waals surface area contributed by atoms with Crippen molar-refractivity contribution in [2.75, 3.05) is 4.90 Å². The van der Waals surface area contributed by atoms with Gasteiger partial charge >= 0.3 is 0 Å². The number of hydrogen-bond acceptors (Lipinski definition) is 1. The summed E-state index contributed by atoms with van der Waals surface area (Å²) in [5, 5.41) is 7.49. The molecule has 1 aromatic heterocycles. The summed E-state index contributed by atoms with van der Waals surface area (Å²) in [6.07, 6.45) is 0. The van der Waals surface area contributed by atoms with Crippen LogP contribution < -0.4 is 4.90 Å². The van der Waals surface area contributed by atoms with Gasteiger partial charge in [-0.15, -0.1) is 0 Å². The predicted molar refractivity (Wildman–Crippen MR) is 272 cm³/mol. The molecule has 0 unspecified atom stereocenters. The molecular weight excluding hydrogens is 773 g/mol. The lowest BCUT2D eigenvalue weighted by atomic mass is 9.94. The minimum Gasteiger partial charge on any atom is -0.310 e. The molecule has 2 nitrogen and oxygen atoms in total. The smallest absolute Gasteiger partial charge is 0.0541 e. The molecule has 0 radical (unpaired) electrons. The third-order valence-corrected chi connectivity index (χ3v) is 12.8. The monoisotopic (exact) mass is 814 g/mol. The lowest BCUT2D eigenvalue weighted by Gasteiger charge is -2.27. The Morgan fingerprint density at radius 2 is 0.734 bits per heavy atom. The van der Waals surface area contributed by atoms with Crippen molar-refractivity contribution in [2.45, 2.75) is 0 Å². The minimum atomic E-state index is 1.08. The number of hydrogen-bond donors (Lipinski definition) is 0. The Labute approximate surface area is 373 Å². The van der Waals surface area contributed by atoms with E-state index in [1.165, 1.54) is 87.9 Å². The van der Waals surface area contributed by atoms with E-state index in [2.05, 4.69) is 264 Å². The van der Waals surface area contributed by atoms with E-state index in [1.807, 2.05) is 0 Å². The Kier molecular flexibility index (Phi) is 9.20. The molecule has 0 saturated heterocycles. The van der Waals surface area contributed by atoms with Crippen LogP contribution in [0, 0.1) is 0 Å². The first kappa shape index (κ1) is 37.3. The van der Waals surface area contributed by atoms with Crippen LogP contribution in [0.3, 0.4) is 0 Å². The van der Waals surface area contributed by atoms with Gasteiger partial charge in [0.15, 0.2) is 0 Å². The van der Waals surface area contributed by atoms with Crippen molar-refractivity contribution in [2.24, 2.45) is 0 Å². The van der Waals surface area contributed by atoms with E-state index in [0.717, 1.165) is 22.7 Å². The Balaban J connectivity index is 0.970. The van der Waals surface area contributed by atoms with Crippen LogP contribution in [0.15, 0.2) is 255 Å². The topological polar surface area (TPSA) is 8.17 Å². The van der Waals surface area contributed by atoms with Gasteiger partial charge < -0.3 is 9.47 Å². The van der Waals surface area contributed by atoms with Crippen molar-refractivity contribution in [3.63, 3.8) is 0 Å². The average Bonchev–Trinajstić information content (AvgIpc) is 3.71. The Morgan fingerprint density at radius 1 is 0.250 bits per heavy atom. The molecule has 0 bridgehead atoms. The van der Waals surface area contributed by atoms with Gasteiger partial charge in [0, 0.05) is 33.5 Å². The van der Waals surface area contributed by atoms with Crippen LogP contribution in [-0.4, -0.2) is 4.57 Å². The van der Waals surface area contributed by atoms with Gasteiger partial charge in [-0.25, -0.2) is 0 Å². The van der Waals surface area contributed by atoms with E-state index < -0.39 is 0 Å². The van der Waals surface area contributed by atoms with Gasteiger partial charge in [-0.2, -0.15) is 0 Å². The summed E-state index contributed by atoms with van der Waals surface area (Å²) in [5.41, 5.74) is 16.3. The summed E-state index contributed by atoms with van der Waals surface area (Å²) in [5.74, 6) is 0. The van der Waals surface area contributed by atoms with Gasteiger partial charge in [0.1, 0.15) is 0 Å². The van der Waals surface area contributed by atoms with Crippen LogP contribution in [0.4, 0.5) is 17.1 Å². The SMILES string of the molecule is c1ccc(-c2cc(-c3cccc4ccccc34)cc(N(c3ccc(-c4ccc(-n5c6ccccc6c6ccccc65)cc4)cc3)c3ccc(-c4ccc5ccccc5c4)cc3)c2)cc1. The molecule has 0 aliphatic rings. The lowest BCUT2D eigenvalue weighted by molar-refractivity contribution is 1.18. The fraction of sp³-hybridized carbons (Fsp3) is 0. The first-order chi connectivity index (χ1) is 31.7. The fourth-order valence-corrected chi connectivity index (χ4v) is 9.60. The first-order valence-electron chi connectivity index (χ1n) is 22.0. The van der Waals surface area contributed by atoms with Crippen molar-refractivity contribution in [3.05, 3.63) is 255 Å². The summed E-state index contributed by atoms with van der Waals surface area (Å²) < 4.78 is 2.37. The van der Waals surface area contributed by atoms with Crippen LogP contribution in [0.1, 0.15) is 0 Å². The summed E-state index contributed by atoms with van der Waals surface area (Å²) in [6.45, 7) is 0. The molecule has 12 aromatic rings. The van der Waals surface area contributed by atoms with Gasteiger partial charge in [0.05, 0.1) is 11.0 Å². The van der Waals surface area contributed by atoms with Crippen LogP contribution >= 0.6 is 0 Å². The number of rotatable bonds is 8. The van der Waals surface area contributed by atoms with E-state index in [1.54, 1.807) is 0 Å². The molecule has 0 amide bonds. The highest BCUT2D eigenvalue weighted by Crippen LogP contribution is 2.42. The molecule has 0 fully saturated rings. The number of nitrogens with zero attached hydrogens (tertiary/aromatic N) is 2.